The third-order valence-electron chi connectivity index (χ3n) is 2.29. The summed E-state index contributed by atoms with van der Waals surface area (Å²) in [6, 6.07) is 3.45. The average molecular weight is 203 g/mol. The number of rotatable bonds is 3. The normalized spacial score (nSPS) is 10.5. The fourth-order valence-electron chi connectivity index (χ4n) is 1.48. The molecule has 0 amide bonds. The molecule has 0 bridgehead atoms. The Morgan fingerprint density at radius 2 is 2.20 bits per heavy atom. The molecule has 0 spiro atoms. The molecule has 0 unspecified atom stereocenters. The molecule has 0 aromatic carbocycles. The largest absolute Gasteiger partial charge is 0.506 e. The Labute approximate surface area is 88.2 Å². The first kappa shape index (κ1) is 9.71. The summed E-state index contributed by atoms with van der Waals surface area (Å²) in [5, 5.41) is 9.10. The van der Waals surface area contributed by atoms with Crippen molar-refractivity contribution in [1.29, 1.82) is 0 Å². The van der Waals surface area contributed by atoms with Crippen molar-refractivity contribution in [1.82, 2.24) is 14.5 Å². The Morgan fingerprint density at radius 3 is 2.87 bits per heavy atom. The van der Waals surface area contributed by atoms with Crippen LogP contribution in [0.15, 0.2) is 30.7 Å². The topological polar surface area (TPSA) is 50.9 Å². The van der Waals surface area contributed by atoms with Crippen LogP contribution in [0.25, 0.3) is 0 Å². The summed E-state index contributed by atoms with van der Waals surface area (Å²) in [6.45, 7) is 2.99. The lowest BCUT2D eigenvalue weighted by Crippen LogP contribution is -2.02. The first-order chi connectivity index (χ1) is 7.29. The molecule has 4 nitrogen and oxygen atoms in total. The summed E-state index contributed by atoms with van der Waals surface area (Å²) in [6.07, 6.45) is 5.89. The van der Waals surface area contributed by atoms with Crippen LogP contribution < -0.4 is 0 Å². The van der Waals surface area contributed by atoms with E-state index in [0.29, 0.717) is 6.42 Å². The standard InChI is InChI=1S/C11H13N3O/c1-2-14-6-5-12-11(14)7-9-3-4-10(15)8-13-9/h3-6,8,15H,2,7H2,1H3. The minimum absolute atomic E-state index is 0.192. The quantitative estimate of drug-likeness (QED) is 0.824. The summed E-state index contributed by atoms with van der Waals surface area (Å²) in [7, 11) is 0. The Bertz CT molecular complexity index is 433. The van der Waals surface area contributed by atoms with Gasteiger partial charge in [0.1, 0.15) is 11.6 Å². The predicted molar refractivity (Wildman–Crippen MR) is 56.6 cm³/mol. The lowest BCUT2D eigenvalue weighted by Gasteiger charge is -2.03. The van der Waals surface area contributed by atoms with Gasteiger partial charge in [-0.25, -0.2) is 4.98 Å². The molecule has 0 fully saturated rings. The number of imidazole rings is 1. The van der Waals surface area contributed by atoms with Crippen molar-refractivity contribution in [2.24, 2.45) is 0 Å². The molecule has 0 aliphatic carbocycles. The maximum absolute atomic E-state index is 9.10. The van der Waals surface area contributed by atoms with E-state index in [1.165, 1.54) is 6.20 Å². The molecule has 2 heterocycles. The maximum Gasteiger partial charge on any atom is 0.133 e. The molecule has 4 heteroatoms. The van der Waals surface area contributed by atoms with Crippen LogP contribution in [0.2, 0.25) is 0 Å². The Kier molecular flexibility index (Phi) is 2.67. The zero-order valence-corrected chi connectivity index (χ0v) is 8.59. The highest BCUT2D eigenvalue weighted by molar-refractivity contribution is 5.20. The van der Waals surface area contributed by atoms with Crippen LogP contribution in [-0.2, 0) is 13.0 Å². The average Bonchev–Trinajstić information content (AvgIpc) is 2.69. The van der Waals surface area contributed by atoms with E-state index in [2.05, 4.69) is 21.5 Å². The van der Waals surface area contributed by atoms with Gasteiger partial charge >= 0.3 is 0 Å². The molecule has 15 heavy (non-hydrogen) atoms. The maximum atomic E-state index is 9.10. The summed E-state index contributed by atoms with van der Waals surface area (Å²) < 4.78 is 2.08. The van der Waals surface area contributed by atoms with E-state index in [9.17, 15) is 0 Å². The number of nitrogens with zero attached hydrogens (tertiary/aromatic N) is 3. The lowest BCUT2D eigenvalue weighted by molar-refractivity contribution is 0.472. The second kappa shape index (κ2) is 4.13. The van der Waals surface area contributed by atoms with Crippen molar-refractivity contribution < 1.29 is 5.11 Å². The number of hydrogen-bond donors (Lipinski definition) is 1. The zero-order chi connectivity index (χ0) is 10.7. The summed E-state index contributed by atoms with van der Waals surface area (Å²) in [5.74, 6) is 1.19. The van der Waals surface area contributed by atoms with Crippen LogP contribution >= 0.6 is 0 Å². The van der Waals surface area contributed by atoms with E-state index in [-0.39, 0.29) is 5.75 Å². The van der Waals surface area contributed by atoms with Gasteiger partial charge in [-0.1, -0.05) is 0 Å². The van der Waals surface area contributed by atoms with E-state index < -0.39 is 0 Å². The Hall–Kier alpha value is -1.84. The monoisotopic (exact) mass is 203 g/mol. The second-order valence-electron chi connectivity index (χ2n) is 3.31. The van der Waals surface area contributed by atoms with Gasteiger partial charge in [-0.2, -0.15) is 0 Å². The van der Waals surface area contributed by atoms with Crippen LogP contribution in [0.4, 0.5) is 0 Å². The molecule has 2 aromatic heterocycles. The summed E-state index contributed by atoms with van der Waals surface area (Å²) >= 11 is 0. The molecule has 0 aliphatic heterocycles. The fraction of sp³-hybridized carbons (Fsp3) is 0.273. The van der Waals surface area contributed by atoms with Gasteiger partial charge in [0, 0.05) is 31.1 Å². The number of aryl methyl sites for hydroxylation is 1. The van der Waals surface area contributed by atoms with Crippen molar-refractivity contribution in [3.63, 3.8) is 0 Å². The van der Waals surface area contributed by atoms with Gasteiger partial charge in [0.05, 0.1) is 6.20 Å². The molecule has 2 aromatic rings. The summed E-state index contributed by atoms with van der Waals surface area (Å²) in [4.78, 5) is 8.39. The third-order valence-corrected chi connectivity index (χ3v) is 2.29. The predicted octanol–water partition coefficient (Wildman–Crippen LogP) is 1.59. The lowest BCUT2D eigenvalue weighted by atomic mass is 10.2. The molecule has 78 valence electrons. The first-order valence-corrected chi connectivity index (χ1v) is 4.93. The highest BCUT2D eigenvalue weighted by atomic mass is 16.3. The van der Waals surface area contributed by atoms with E-state index in [0.717, 1.165) is 18.1 Å². The van der Waals surface area contributed by atoms with Crippen molar-refractivity contribution in [3.8, 4) is 5.75 Å². The first-order valence-electron chi connectivity index (χ1n) is 4.93. The Balaban J connectivity index is 2.18. The van der Waals surface area contributed by atoms with Crippen molar-refractivity contribution in [3.05, 3.63) is 42.2 Å². The minimum atomic E-state index is 0.192. The van der Waals surface area contributed by atoms with E-state index in [1.807, 2.05) is 12.3 Å². The molecule has 0 saturated carbocycles. The van der Waals surface area contributed by atoms with Crippen LogP contribution in [0.1, 0.15) is 18.4 Å². The molecule has 0 aliphatic rings. The number of aromatic nitrogens is 3. The van der Waals surface area contributed by atoms with Crippen molar-refractivity contribution in [2.45, 2.75) is 19.9 Å². The van der Waals surface area contributed by atoms with Crippen molar-refractivity contribution in [2.75, 3.05) is 0 Å². The molecule has 1 N–H and O–H groups in total. The molecule has 0 radical (unpaired) electrons. The van der Waals surface area contributed by atoms with E-state index in [1.54, 1.807) is 12.3 Å². The van der Waals surface area contributed by atoms with Gasteiger partial charge in [-0.15, -0.1) is 0 Å². The molecular formula is C11H13N3O. The van der Waals surface area contributed by atoms with Crippen LogP contribution in [0.3, 0.4) is 0 Å². The van der Waals surface area contributed by atoms with Crippen LogP contribution in [0, 0.1) is 0 Å². The van der Waals surface area contributed by atoms with Gasteiger partial charge in [0.2, 0.25) is 0 Å². The van der Waals surface area contributed by atoms with Gasteiger partial charge in [-0.05, 0) is 19.1 Å². The number of pyridine rings is 1. The molecule has 0 saturated heterocycles. The highest BCUT2D eigenvalue weighted by Gasteiger charge is 2.03. The third kappa shape index (κ3) is 2.15. The van der Waals surface area contributed by atoms with Crippen molar-refractivity contribution >= 4 is 0 Å². The smallest absolute Gasteiger partial charge is 0.133 e. The van der Waals surface area contributed by atoms with Gasteiger partial charge < -0.3 is 9.67 Å². The minimum Gasteiger partial charge on any atom is -0.506 e. The van der Waals surface area contributed by atoms with Gasteiger partial charge in [0.15, 0.2) is 0 Å². The molecule has 0 atom stereocenters. The summed E-state index contributed by atoms with van der Waals surface area (Å²) in [5.41, 5.74) is 0.911. The van der Waals surface area contributed by atoms with Crippen LogP contribution in [-0.4, -0.2) is 19.6 Å². The highest BCUT2D eigenvalue weighted by Crippen LogP contribution is 2.09. The fourth-order valence-corrected chi connectivity index (χ4v) is 1.48. The van der Waals surface area contributed by atoms with Gasteiger partial charge in [0.25, 0.3) is 0 Å². The van der Waals surface area contributed by atoms with Gasteiger partial charge in [-0.3, -0.25) is 4.98 Å². The van der Waals surface area contributed by atoms with E-state index >= 15 is 0 Å². The van der Waals surface area contributed by atoms with E-state index in [4.69, 9.17) is 5.11 Å². The Morgan fingerprint density at radius 1 is 1.33 bits per heavy atom. The van der Waals surface area contributed by atoms with Crippen LogP contribution in [0.5, 0.6) is 5.75 Å². The number of aromatic hydroxyl groups is 1. The zero-order valence-electron chi connectivity index (χ0n) is 8.59. The molecular weight excluding hydrogens is 190 g/mol. The number of hydrogen-bond acceptors (Lipinski definition) is 3. The second-order valence-corrected chi connectivity index (χ2v) is 3.31. The SMILES string of the molecule is CCn1ccnc1Cc1ccc(O)cn1. The molecule has 2 rings (SSSR count).